The van der Waals surface area contributed by atoms with Crippen LogP contribution in [0.3, 0.4) is 0 Å². The number of rotatable bonds is 5. The first-order valence-corrected chi connectivity index (χ1v) is 8.40. The van der Waals surface area contributed by atoms with Crippen LogP contribution in [-0.2, 0) is 4.79 Å². The van der Waals surface area contributed by atoms with Gasteiger partial charge in [-0.15, -0.1) is 0 Å². The van der Waals surface area contributed by atoms with Crippen LogP contribution in [0.1, 0.15) is 24.5 Å². The number of carbonyl (C=O) groups excluding carboxylic acids is 1. The molecule has 1 saturated heterocycles. The van der Waals surface area contributed by atoms with Gasteiger partial charge >= 0.3 is 0 Å². The van der Waals surface area contributed by atoms with E-state index in [0.717, 1.165) is 25.9 Å². The molecule has 2 aromatic rings. The van der Waals surface area contributed by atoms with Gasteiger partial charge in [-0.1, -0.05) is 30.3 Å². The van der Waals surface area contributed by atoms with Gasteiger partial charge in [0.05, 0.1) is 0 Å². The number of hydrogen-bond acceptors (Lipinski definition) is 4. The molecular formula is C19H23N3O2. The first-order chi connectivity index (χ1) is 11.7. The summed E-state index contributed by atoms with van der Waals surface area (Å²) in [6.45, 7) is 2.57. The van der Waals surface area contributed by atoms with E-state index < -0.39 is 6.10 Å². The van der Waals surface area contributed by atoms with Gasteiger partial charge in [0, 0.05) is 37.7 Å². The molecule has 0 unspecified atom stereocenters. The lowest BCUT2D eigenvalue weighted by Crippen LogP contribution is -2.39. The Balaban J connectivity index is 1.44. The van der Waals surface area contributed by atoms with E-state index in [9.17, 15) is 9.90 Å². The van der Waals surface area contributed by atoms with Gasteiger partial charge in [-0.2, -0.15) is 0 Å². The van der Waals surface area contributed by atoms with E-state index in [2.05, 4.69) is 15.2 Å². The molecule has 5 nitrogen and oxygen atoms in total. The summed E-state index contributed by atoms with van der Waals surface area (Å²) >= 11 is 0. The second-order valence-electron chi connectivity index (χ2n) is 6.19. The smallest absolute Gasteiger partial charge is 0.253 e. The summed E-state index contributed by atoms with van der Waals surface area (Å²) < 4.78 is 0. The van der Waals surface area contributed by atoms with E-state index in [4.69, 9.17) is 0 Å². The third-order valence-electron chi connectivity index (χ3n) is 4.57. The minimum atomic E-state index is -1.09. The van der Waals surface area contributed by atoms with Crippen molar-refractivity contribution in [3.05, 3.63) is 60.4 Å². The van der Waals surface area contributed by atoms with Crippen molar-refractivity contribution in [2.75, 3.05) is 24.5 Å². The van der Waals surface area contributed by atoms with Gasteiger partial charge in [-0.25, -0.2) is 0 Å². The van der Waals surface area contributed by atoms with E-state index in [0.29, 0.717) is 18.0 Å². The number of hydrogen-bond donors (Lipinski definition) is 2. The number of anilines is 1. The van der Waals surface area contributed by atoms with Crippen LogP contribution < -0.4 is 10.2 Å². The van der Waals surface area contributed by atoms with E-state index in [1.807, 2.05) is 42.7 Å². The maximum absolute atomic E-state index is 12.1. The Hall–Kier alpha value is -2.40. The zero-order valence-corrected chi connectivity index (χ0v) is 13.6. The molecule has 3 rings (SSSR count). The van der Waals surface area contributed by atoms with Gasteiger partial charge in [0.1, 0.15) is 0 Å². The van der Waals surface area contributed by atoms with Crippen LogP contribution in [0.5, 0.6) is 0 Å². The standard InChI is InChI=1S/C19H23N3O2/c23-18(16-4-2-1-3-5-16)19(24)21-14-15-8-12-22(13-9-15)17-6-10-20-11-7-17/h1-7,10-11,15,18,23H,8-9,12-14H2,(H,21,24)/t18-/m0/s1. The molecular weight excluding hydrogens is 302 g/mol. The maximum Gasteiger partial charge on any atom is 0.253 e. The molecule has 1 aromatic carbocycles. The highest BCUT2D eigenvalue weighted by atomic mass is 16.3. The lowest BCUT2D eigenvalue weighted by atomic mass is 9.96. The van der Waals surface area contributed by atoms with E-state index in [1.165, 1.54) is 5.69 Å². The Morgan fingerprint density at radius 1 is 1.17 bits per heavy atom. The number of pyridine rings is 1. The molecule has 2 N–H and O–H groups in total. The highest BCUT2D eigenvalue weighted by molar-refractivity contribution is 5.81. The summed E-state index contributed by atoms with van der Waals surface area (Å²) in [5.41, 5.74) is 1.83. The summed E-state index contributed by atoms with van der Waals surface area (Å²) in [6, 6.07) is 13.1. The number of carbonyl (C=O) groups is 1. The van der Waals surface area contributed by atoms with Crippen LogP contribution in [0.25, 0.3) is 0 Å². The Morgan fingerprint density at radius 3 is 2.50 bits per heavy atom. The third kappa shape index (κ3) is 4.11. The highest BCUT2D eigenvalue weighted by Gasteiger charge is 2.22. The van der Waals surface area contributed by atoms with E-state index in [1.54, 1.807) is 12.1 Å². The van der Waals surface area contributed by atoms with Crippen LogP contribution in [0.4, 0.5) is 5.69 Å². The SMILES string of the molecule is O=C(NCC1CCN(c2ccncc2)CC1)[C@@H](O)c1ccccc1. The zero-order chi connectivity index (χ0) is 16.8. The molecule has 1 aromatic heterocycles. The number of aliphatic hydroxyl groups is 1. The normalized spacial score (nSPS) is 16.6. The van der Waals surface area contributed by atoms with Gasteiger partial charge in [0.2, 0.25) is 0 Å². The molecule has 1 aliphatic heterocycles. The number of aromatic nitrogens is 1. The molecule has 1 fully saturated rings. The average molecular weight is 325 g/mol. The van der Waals surface area contributed by atoms with Gasteiger partial charge in [-0.05, 0) is 36.5 Å². The minimum Gasteiger partial charge on any atom is -0.378 e. The quantitative estimate of drug-likeness (QED) is 0.884. The van der Waals surface area contributed by atoms with Gasteiger partial charge < -0.3 is 15.3 Å². The number of nitrogens with one attached hydrogen (secondary N) is 1. The van der Waals surface area contributed by atoms with Crippen LogP contribution in [-0.4, -0.2) is 35.6 Å². The molecule has 1 atom stereocenters. The van der Waals surface area contributed by atoms with E-state index >= 15 is 0 Å². The third-order valence-corrected chi connectivity index (χ3v) is 4.57. The molecule has 5 heteroatoms. The molecule has 0 radical (unpaired) electrons. The van der Waals surface area contributed by atoms with Crippen molar-refractivity contribution in [1.29, 1.82) is 0 Å². The van der Waals surface area contributed by atoms with Crippen LogP contribution >= 0.6 is 0 Å². The van der Waals surface area contributed by atoms with Gasteiger partial charge in [0.15, 0.2) is 6.10 Å². The molecule has 0 saturated carbocycles. The molecule has 1 amide bonds. The summed E-state index contributed by atoms with van der Waals surface area (Å²) in [5.74, 6) is 0.132. The Labute approximate surface area is 142 Å². The predicted octanol–water partition coefficient (Wildman–Crippen LogP) is 2.15. The summed E-state index contributed by atoms with van der Waals surface area (Å²) in [6.07, 6.45) is 4.59. The number of nitrogens with zero attached hydrogens (tertiary/aromatic N) is 2. The number of benzene rings is 1. The largest absolute Gasteiger partial charge is 0.378 e. The molecule has 0 spiro atoms. The molecule has 2 heterocycles. The fourth-order valence-corrected chi connectivity index (χ4v) is 3.08. The first-order valence-electron chi connectivity index (χ1n) is 8.40. The number of piperidine rings is 1. The summed E-state index contributed by atoms with van der Waals surface area (Å²) in [7, 11) is 0. The minimum absolute atomic E-state index is 0.322. The summed E-state index contributed by atoms with van der Waals surface area (Å²) in [5, 5.41) is 13.0. The number of amides is 1. The molecule has 0 bridgehead atoms. The topological polar surface area (TPSA) is 65.5 Å². The second-order valence-corrected chi connectivity index (χ2v) is 6.19. The van der Waals surface area contributed by atoms with Crippen molar-refractivity contribution >= 4 is 11.6 Å². The van der Waals surface area contributed by atoms with Gasteiger partial charge in [0.25, 0.3) is 5.91 Å². The van der Waals surface area contributed by atoms with Crippen molar-refractivity contribution in [3.8, 4) is 0 Å². The Morgan fingerprint density at radius 2 is 1.83 bits per heavy atom. The lowest BCUT2D eigenvalue weighted by molar-refractivity contribution is -0.129. The molecule has 1 aliphatic rings. The Kier molecular flexibility index (Phi) is 5.43. The van der Waals surface area contributed by atoms with Crippen molar-refractivity contribution in [2.24, 2.45) is 5.92 Å². The molecule has 126 valence electrons. The predicted molar refractivity (Wildman–Crippen MR) is 93.6 cm³/mol. The van der Waals surface area contributed by atoms with Crippen molar-refractivity contribution in [2.45, 2.75) is 18.9 Å². The van der Waals surface area contributed by atoms with Gasteiger partial charge in [-0.3, -0.25) is 9.78 Å². The maximum atomic E-state index is 12.1. The molecule has 0 aliphatic carbocycles. The van der Waals surface area contributed by atoms with Crippen molar-refractivity contribution in [3.63, 3.8) is 0 Å². The van der Waals surface area contributed by atoms with Crippen molar-refractivity contribution in [1.82, 2.24) is 10.3 Å². The molecule has 24 heavy (non-hydrogen) atoms. The van der Waals surface area contributed by atoms with E-state index in [-0.39, 0.29) is 5.91 Å². The van der Waals surface area contributed by atoms with Crippen LogP contribution in [0, 0.1) is 5.92 Å². The lowest BCUT2D eigenvalue weighted by Gasteiger charge is -2.33. The zero-order valence-electron chi connectivity index (χ0n) is 13.6. The summed E-state index contributed by atoms with van der Waals surface area (Å²) in [4.78, 5) is 18.5. The first kappa shape index (κ1) is 16.5. The fraction of sp³-hybridized carbons (Fsp3) is 0.368. The average Bonchev–Trinajstić information content (AvgIpc) is 2.67. The van der Waals surface area contributed by atoms with Crippen LogP contribution in [0.15, 0.2) is 54.9 Å². The fourth-order valence-electron chi connectivity index (χ4n) is 3.08. The monoisotopic (exact) mass is 325 g/mol. The number of aliphatic hydroxyl groups excluding tert-OH is 1. The Bertz CT molecular complexity index is 640. The second kappa shape index (κ2) is 7.93. The van der Waals surface area contributed by atoms with Crippen molar-refractivity contribution < 1.29 is 9.90 Å². The van der Waals surface area contributed by atoms with Crippen LogP contribution in [0.2, 0.25) is 0 Å². The highest BCUT2D eigenvalue weighted by Crippen LogP contribution is 2.22.